The molecule has 0 aromatic rings. The lowest BCUT2D eigenvalue weighted by Crippen LogP contribution is -2.44. The number of rotatable bonds is 6. The normalized spacial score (nSPS) is 35.9. The first-order chi connectivity index (χ1) is 9.63. The van der Waals surface area contributed by atoms with Gasteiger partial charge in [-0.25, -0.2) is 0 Å². The molecule has 1 heterocycles. The van der Waals surface area contributed by atoms with E-state index >= 15 is 0 Å². The number of nitrogens with zero attached hydrogens (tertiary/aromatic N) is 1. The van der Waals surface area contributed by atoms with E-state index in [1.165, 1.54) is 58.2 Å². The Hall–Kier alpha value is -0.0800. The van der Waals surface area contributed by atoms with Gasteiger partial charge in [0.25, 0.3) is 0 Å². The van der Waals surface area contributed by atoms with Crippen LogP contribution in [0, 0.1) is 23.7 Å². The first-order valence-electron chi connectivity index (χ1n) is 9.03. The van der Waals surface area contributed by atoms with Gasteiger partial charge < -0.3 is 10.2 Å². The van der Waals surface area contributed by atoms with Crippen molar-refractivity contribution in [3.63, 3.8) is 0 Å². The molecule has 1 aliphatic heterocycles. The zero-order chi connectivity index (χ0) is 14.5. The maximum Gasteiger partial charge on any atom is 0.0105 e. The molecule has 0 bridgehead atoms. The topological polar surface area (TPSA) is 15.3 Å². The second-order valence-electron chi connectivity index (χ2n) is 7.68. The largest absolute Gasteiger partial charge is 0.317 e. The number of hydrogen-bond donors (Lipinski definition) is 1. The van der Waals surface area contributed by atoms with Crippen molar-refractivity contribution in [2.24, 2.45) is 23.7 Å². The van der Waals surface area contributed by atoms with Crippen LogP contribution in [-0.2, 0) is 0 Å². The molecule has 118 valence electrons. The van der Waals surface area contributed by atoms with Crippen molar-refractivity contribution < 1.29 is 0 Å². The average Bonchev–Trinajstić information content (AvgIpc) is 2.88. The van der Waals surface area contributed by atoms with Gasteiger partial charge in [-0.2, -0.15) is 0 Å². The second-order valence-corrected chi connectivity index (χ2v) is 7.68. The molecule has 1 saturated heterocycles. The highest BCUT2D eigenvalue weighted by atomic mass is 15.2. The Morgan fingerprint density at radius 1 is 1.20 bits per heavy atom. The van der Waals surface area contributed by atoms with Crippen LogP contribution >= 0.6 is 0 Å². The molecule has 4 atom stereocenters. The van der Waals surface area contributed by atoms with Crippen LogP contribution in [0.1, 0.15) is 59.3 Å². The molecule has 0 spiro atoms. The fourth-order valence-electron chi connectivity index (χ4n) is 4.52. The average molecular weight is 281 g/mol. The van der Waals surface area contributed by atoms with Gasteiger partial charge in [-0.15, -0.1) is 0 Å². The van der Waals surface area contributed by atoms with Crippen LogP contribution in [-0.4, -0.2) is 37.6 Å². The van der Waals surface area contributed by atoms with Crippen molar-refractivity contribution in [3.05, 3.63) is 0 Å². The summed E-state index contributed by atoms with van der Waals surface area (Å²) in [5, 5.41) is 3.60. The summed E-state index contributed by atoms with van der Waals surface area (Å²) >= 11 is 0. The zero-order valence-electron chi connectivity index (χ0n) is 14.2. The quantitative estimate of drug-likeness (QED) is 0.797. The zero-order valence-corrected chi connectivity index (χ0v) is 14.2. The molecule has 2 nitrogen and oxygen atoms in total. The van der Waals surface area contributed by atoms with Gasteiger partial charge in [0.15, 0.2) is 0 Å². The lowest BCUT2D eigenvalue weighted by molar-refractivity contribution is 0.149. The van der Waals surface area contributed by atoms with E-state index in [0.717, 1.165) is 29.7 Å². The molecule has 1 aliphatic carbocycles. The van der Waals surface area contributed by atoms with Gasteiger partial charge in [0, 0.05) is 19.1 Å². The third-order valence-corrected chi connectivity index (χ3v) is 5.90. The standard InChI is InChI=1S/C18H36N2/c1-5-6-15-7-8-18(19-4)17(11-15)13-20-10-9-16(12-20)14(2)3/h14-19H,5-13H2,1-4H3. The molecule has 0 aromatic carbocycles. The van der Waals surface area contributed by atoms with Crippen LogP contribution in [0.2, 0.25) is 0 Å². The van der Waals surface area contributed by atoms with E-state index in [1.807, 2.05) is 0 Å². The molecule has 1 saturated carbocycles. The molecule has 2 heteroatoms. The Morgan fingerprint density at radius 2 is 2.00 bits per heavy atom. The van der Waals surface area contributed by atoms with Gasteiger partial charge in [-0.3, -0.25) is 0 Å². The molecular formula is C18H36N2. The van der Waals surface area contributed by atoms with Crippen LogP contribution in [0.5, 0.6) is 0 Å². The van der Waals surface area contributed by atoms with E-state index in [0.29, 0.717) is 0 Å². The second kappa shape index (κ2) is 7.79. The smallest absolute Gasteiger partial charge is 0.0105 e. The number of likely N-dealkylation sites (tertiary alicyclic amines) is 1. The molecule has 20 heavy (non-hydrogen) atoms. The summed E-state index contributed by atoms with van der Waals surface area (Å²) < 4.78 is 0. The minimum absolute atomic E-state index is 0.765. The third kappa shape index (κ3) is 4.21. The van der Waals surface area contributed by atoms with Crippen LogP contribution < -0.4 is 5.32 Å². The van der Waals surface area contributed by atoms with Gasteiger partial charge in [0.2, 0.25) is 0 Å². The third-order valence-electron chi connectivity index (χ3n) is 5.90. The van der Waals surface area contributed by atoms with Crippen molar-refractivity contribution in [2.75, 3.05) is 26.7 Å². The first-order valence-corrected chi connectivity index (χ1v) is 9.03. The van der Waals surface area contributed by atoms with Gasteiger partial charge in [-0.05, 0) is 62.9 Å². The van der Waals surface area contributed by atoms with Crippen LogP contribution in [0.15, 0.2) is 0 Å². The Bertz CT molecular complexity index is 277. The van der Waals surface area contributed by atoms with Gasteiger partial charge in [-0.1, -0.05) is 33.6 Å². The van der Waals surface area contributed by atoms with Crippen LogP contribution in [0.3, 0.4) is 0 Å². The molecule has 4 unspecified atom stereocenters. The fourth-order valence-corrected chi connectivity index (χ4v) is 4.52. The molecule has 1 N–H and O–H groups in total. The number of nitrogens with one attached hydrogen (secondary N) is 1. The summed E-state index contributed by atoms with van der Waals surface area (Å²) in [4.78, 5) is 2.76. The van der Waals surface area contributed by atoms with Gasteiger partial charge >= 0.3 is 0 Å². The van der Waals surface area contributed by atoms with Crippen molar-refractivity contribution in [1.82, 2.24) is 10.2 Å². The highest BCUT2D eigenvalue weighted by Crippen LogP contribution is 2.34. The molecule has 0 aromatic heterocycles. The number of hydrogen-bond acceptors (Lipinski definition) is 2. The van der Waals surface area contributed by atoms with Gasteiger partial charge in [0.1, 0.15) is 0 Å². The SMILES string of the molecule is CCCC1CCC(NC)C(CN2CCC(C(C)C)C2)C1. The van der Waals surface area contributed by atoms with E-state index in [4.69, 9.17) is 0 Å². The lowest BCUT2D eigenvalue weighted by Gasteiger charge is -2.38. The van der Waals surface area contributed by atoms with E-state index < -0.39 is 0 Å². The Labute approximate surface area is 126 Å². The summed E-state index contributed by atoms with van der Waals surface area (Å²) in [5.74, 6) is 3.69. The van der Waals surface area contributed by atoms with Crippen LogP contribution in [0.4, 0.5) is 0 Å². The first kappa shape index (κ1) is 16.3. The Balaban J connectivity index is 1.85. The Morgan fingerprint density at radius 3 is 2.60 bits per heavy atom. The fraction of sp³-hybridized carbons (Fsp3) is 1.00. The minimum atomic E-state index is 0.765. The van der Waals surface area contributed by atoms with Crippen LogP contribution in [0.25, 0.3) is 0 Å². The van der Waals surface area contributed by atoms with E-state index in [-0.39, 0.29) is 0 Å². The van der Waals surface area contributed by atoms with E-state index in [1.54, 1.807) is 0 Å². The summed E-state index contributed by atoms with van der Waals surface area (Å²) in [7, 11) is 2.17. The molecule has 0 radical (unpaired) electrons. The van der Waals surface area contributed by atoms with Crippen molar-refractivity contribution in [3.8, 4) is 0 Å². The van der Waals surface area contributed by atoms with Crippen molar-refractivity contribution in [2.45, 2.75) is 65.3 Å². The minimum Gasteiger partial charge on any atom is -0.317 e. The summed E-state index contributed by atoms with van der Waals surface area (Å²) in [6.07, 6.45) is 8.54. The predicted molar refractivity (Wildman–Crippen MR) is 88.0 cm³/mol. The summed E-state index contributed by atoms with van der Waals surface area (Å²) in [6.45, 7) is 11.2. The molecule has 0 amide bonds. The maximum absolute atomic E-state index is 3.60. The predicted octanol–water partition coefficient (Wildman–Crippen LogP) is 3.77. The van der Waals surface area contributed by atoms with Crippen molar-refractivity contribution in [1.29, 1.82) is 0 Å². The molecule has 2 fully saturated rings. The monoisotopic (exact) mass is 280 g/mol. The molecular weight excluding hydrogens is 244 g/mol. The summed E-state index contributed by atoms with van der Waals surface area (Å²) in [6, 6.07) is 0.765. The highest BCUT2D eigenvalue weighted by molar-refractivity contribution is 4.88. The Kier molecular flexibility index (Phi) is 6.35. The summed E-state index contributed by atoms with van der Waals surface area (Å²) in [5.41, 5.74) is 0. The molecule has 2 rings (SSSR count). The van der Waals surface area contributed by atoms with E-state index in [9.17, 15) is 0 Å². The maximum atomic E-state index is 3.60. The highest BCUT2D eigenvalue weighted by Gasteiger charge is 2.33. The van der Waals surface area contributed by atoms with E-state index in [2.05, 4.69) is 38.0 Å². The lowest BCUT2D eigenvalue weighted by atomic mass is 9.76. The van der Waals surface area contributed by atoms with Gasteiger partial charge in [0.05, 0.1) is 0 Å². The molecule has 2 aliphatic rings. The van der Waals surface area contributed by atoms with Crippen molar-refractivity contribution >= 4 is 0 Å².